The van der Waals surface area contributed by atoms with E-state index in [4.69, 9.17) is 10.8 Å². The zero-order valence-electron chi connectivity index (χ0n) is 10.7. The molecule has 0 radical (unpaired) electrons. The van der Waals surface area contributed by atoms with Crippen molar-refractivity contribution in [1.82, 2.24) is 9.97 Å². The van der Waals surface area contributed by atoms with Crippen LogP contribution in [0.15, 0.2) is 6.07 Å². The molecule has 0 amide bonds. The van der Waals surface area contributed by atoms with E-state index in [1.807, 2.05) is 6.92 Å². The summed E-state index contributed by atoms with van der Waals surface area (Å²) >= 11 is 0. The van der Waals surface area contributed by atoms with Gasteiger partial charge in [0.1, 0.15) is 17.5 Å². The minimum absolute atomic E-state index is 0.120. The summed E-state index contributed by atoms with van der Waals surface area (Å²) in [5, 5.41) is 9.08. The molecule has 1 heterocycles. The summed E-state index contributed by atoms with van der Waals surface area (Å²) in [5.41, 5.74) is 5.76. The lowest BCUT2D eigenvalue weighted by atomic mass is 10.3. The lowest BCUT2D eigenvalue weighted by molar-refractivity contribution is 0.301. The largest absolute Gasteiger partial charge is 0.395 e. The van der Waals surface area contributed by atoms with Crippen molar-refractivity contribution >= 4 is 11.6 Å². The number of nitrogens with two attached hydrogens (primary N) is 1. The Morgan fingerprint density at radius 1 is 1.29 bits per heavy atom. The second-order valence-electron chi connectivity index (χ2n) is 3.98. The van der Waals surface area contributed by atoms with Crippen LogP contribution in [0.1, 0.15) is 32.5 Å². The summed E-state index contributed by atoms with van der Waals surface area (Å²) in [6, 6.07) is 1.77. The molecule has 17 heavy (non-hydrogen) atoms. The molecule has 0 unspecified atom stereocenters. The molecule has 0 aliphatic heterocycles. The molecule has 0 atom stereocenters. The van der Waals surface area contributed by atoms with E-state index >= 15 is 0 Å². The van der Waals surface area contributed by atoms with Gasteiger partial charge in [0.15, 0.2) is 0 Å². The Balaban J connectivity index is 2.87. The van der Waals surface area contributed by atoms with Crippen LogP contribution < -0.4 is 10.6 Å². The van der Waals surface area contributed by atoms with Crippen molar-refractivity contribution < 1.29 is 5.11 Å². The number of unbranched alkanes of at least 4 members (excludes halogenated alkanes) is 1. The van der Waals surface area contributed by atoms with Crippen LogP contribution in [0.4, 0.5) is 11.6 Å². The summed E-state index contributed by atoms with van der Waals surface area (Å²) < 4.78 is 0. The maximum Gasteiger partial charge on any atom is 0.134 e. The van der Waals surface area contributed by atoms with Crippen molar-refractivity contribution in [2.45, 2.75) is 33.1 Å². The zero-order valence-corrected chi connectivity index (χ0v) is 10.7. The van der Waals surface area contributed by atoms with Crippen molar-refractivity contribution in [3.8, 4) is 0 Å². The summed E-state index contributed by atoms with van der Waals surface area (Å²) in [6.07, 6.45) is 2.95. The lowest BCUT2D eigenvalue weighted by Crippen LogP contribution is -2.29. The minimum Gasteiger partial charge on any atom is -0.395 e. The maximum absolute atomic E-state index is 9.08. The van der Waals surface area contributed by atoms with Crippen LogP contribution in [0.5, 0.6) is 0 Å². The number of nitrogen functional groups attached to an aromatic ring is 1. The van der Waals surface area contributed by atoms with Crippen LogP contribution in [0.2, 0.25) is 0 Å². The smallest absolute Gasteiger partial charge is 0.134 e. The molecule has 1 aromatic rings. The van der Waals surface area contributed by atoms with E-state index in [9.17, 15) is 0 Å². The van der Waals surface area contributed by atoms with Crippen LogP contribution >= 0.6 is 0 Å². The van der Waals surface area contributed by atoms with Gasteiger partial charge in [0.25, 0.3) is 0 Å². The van der Waals surface area contributed by atoms with Gasteiger partial charge in [-0.3, -0.25) is 0 Å². The molecule has 0 saturated heterocycles. The zero-order chi connectivity index (χ0) is 12.7. The molecule has 96 valence electrons. The van der Waals surface area contributed by atoms with E-state index in [1.54, 1.807) is 6.07 Å². The Morgan fingerprint density at radius 2 is 2.06 bits per heavy atom. The second kappa shape index (κ2) is 7.06. The highest BCUT2D eigenvalue weighted by molar-refractivity contribution is 5.47. The molecule has 5 heteroatoms. The van der Waals surface area contributed by atoms with Gasteiger partial charge in [-0.2, -0.15) is 0 Å². The van der Waals surface area contributed by atoms with Crippen LogP contribution in [0, 0.1) is 0 Å². The van der Waals surface area contributed by atoms with E-state index in [0.717, 1.165) is 37.4 Å². The van der Waals surface area contributed by atoms with E-state index in [0.29, 0.717) is 12.4 Å². The van der Waals surface area contributed by atoms with E-state index < -0.39 is 0 Å². The van der Waals surface area contributed by atoms with E-state index in [1.165, 1.54) is 0 Å². The van der Waals surface area contributed by atoms with Crippen molar-refractivity contribution in [1.29, 1.82) is 0 Å². The number of hydrogen-bond acceptors (Lipinski definition) is 5. The number of nitrogens with zero attached hydrogens (tertiary/aromatic N) is 3. The Kier molecular flexibility index (Phi) is 5.69. The first-order chi connectivity index (χ1) is 8.21. The fourth-order valence-corrected chi connectivity index (χ4v) is 1.63. The summed E-state index contributed by atoms with van der Waals surface area (Å²) in [7, 11) is 0. The predicted molar refractivity (Wildman–Crippen MR) is 70.0 cm³/mol. The number of aliphatic hydroxyl groups excluding tert-OH is 1. The van der Waals surface area contributed by atoms with Crippen molar-refractivity contribution in [3.05, 3.63) is 11.9 Å². The number of hydrogen-bond donors (Lipinski definition) is 2. The van der Waals surface area contributed by atoms with Crippen LogP contribution in [0.25, 0.3) is 0 Å². The Bertz CT molecular complexity index is 343. The Labute approximate surface area is 103 Å². The molecule has 0 aliphatic rings. The molecular weight excluding hydrogens is 216 g/mol. The first-order valence-electron chi connectivity index (χ1n) is 6.20. The molecule has 0 fully saturated rings. The molecule has 5 nitrogen and oxygen atoms in total. The Morgan fingerprint density at radius 3 is 2.65 bits per heavy atom. The average Bonchev–Trinajstić information content (AvgIpc) is 2.33. The third-order valence-corrected chi connectivity index (χ3v) is 2.57. The van der Waals surface area contributed by atoms with Gasteiger partial charge < -0.3 is 15.7 Å². The highest BCUT2D eigenvalue weighted by Crippen LogP contribution is 2.15. The standard InChI is InChI=1S/C12H22N4O/c1-3-5-6-16(7-8-17)12-9-10(13)14-11(4-2)15-12/h9,17H,3-8H2,1-2H3,(H2,13,14,15). The fourth-order valence-electron chi connectivity index (χ4n) is 1.63. The minimum atomic E-state index is 0.120. The van der Waals surface area contributed by atoms with Gasteiger partial charge >= 0.3 is 0 Å². The monoisotopic (exact) mass is 238 g/mol. The highest BCUT2D eigenvalue weighted by atomic mass is 16.3. The Hall–Kier alpha value is -1.36. The molecule has 0 bridgehead atoms. The van der Waals surface area contributed by atoms with Crippen LogP contribution in [-0.2, 0) is 6.42 Å². The topological polar surface area (TPSA) is 75.3 Å². The van der Waals surface area contributed by atoms with Crippen LogP contribution in [-0.4, -0.2) is 34.8 Å². The SMILES string of the molecule is CCCCN(CCO)c1cc(N)nc(CC)n1. The summed E-state index contributed by atoms with van der Waals surface area (Å²) in [5.74, 6) is 2.06. The number of rotatable bonds is 7. The fraction of sp³-hybridized carbons (Fsp3) is 0.667. The van der Waals surface area contributed by atoms with Gasteiger partial charge in [-0.15, -0.1) is 0 Å². The molecular formula is C12H22N4O. The van der Waals surface area contributed by atoms with Gasteiger partial charge in [-0.05, 0) is 6.42 Å². The van der Waals surface area contributed by atoms with Crippen molar-refractivity contribution in [3.63, 3.8) is 0 Å². The molecule has 3 N–H and O–H groups in total. The first-order valence-corrected chi connectivity index (χ1v) is 6.20. The lowest BCUT2D eigenvalue weighted by Gasteiger charge is -2.23. The first kappa shape index (κ1) is 13.7. The van der Waals surface area contributed by atoms with Gasteiger partial charge in [0.05, 0.1) is 6.61 Å². The number of aromatic nitrogens is 2. The third-order valence-electron chi connectivity index (χ3n) is 2.57. The number of aliphatic hydroxyl groups is 1. The van der Waals surface area contributed by atoms with Gasteiger partial charge in [-0.25, -0.2) is 9.97 Å². The predicted octanol–water partition coefficient (Wildman–Crippen LogP) is 1.22. The highest BCUT2D eigenvalue weighted by Gasteiger charge is 2.09. The second-order valence-corrected chi connectivity index (χ2v) is 3.98. The third kappa shape index (κ3) is 4.19. The summed E-state index contributed by atoms with van der Waals surface area (Å²) in [6.45, 7) is 5.73. The van der Waals surface area contributed by atoms with Gasteiger partial charge in [-0.1, -0.05) is 20.3 Å². The molecule has 1 rings (SSSR count). The average molecular weight is 238 g/mol. The van der Waals surface area contributed by atoms with Crippen molar-refractivity contribution in [2.24, 2.45) is 0 Å². The molecule has 0 saturated carbocycles. The number of aryl methyl sites for hydroxylation is 1. The summed E-state index contributed by atoms with van der Waals surface area (Å²) in [4.78, 5) is 10.7. The normalized spacial score (nSPS) is 10.5. The van der Waals surface area contributed by atoms with Gasteiger partial charge in [0.2, 0.25) is 0 Å². The molecule has 0 aliphatic carbocycles. The maximum atomic E-state index is 9.08. The van der Waals surface area contributed by atoms with Crippen molar-refractivity contribution in [2.75, 3.05) is 30.3 Å². The van der Waals surface area contributed by atoms with Gasteiger partial charge in [0, 0.05) is 25.6 Å². The quantitative estimate of drug-likeness (QED) is 0.747. The molecule has 1 aromatic heterocycles. The molecule has 0 aromatic carbocycles. The van der Waals surface area contributed by atoms with Crippen LogP contribution in [0.3, 0.4) is 0 Å². The van der Waals surface area contributed by atoms with E-state index in [-0.39, 0.29) is 6.61 Å². The molecule has 0 spiro atoms. The number of anilines is 2. The van der Waals surface area contributed by atoms with E-state index in [2.05, 4.69) is 21.8 Å².